The lowest BCUT2D eigenvalue weighted by molar-refractivity contribution is -0.141. The van der Waals surface area contributed by atoms with Crippen LogP contribution in [0.3, 0.4) is 0 Å². The number of carbonyl (C=O) groups is 2. The van der Waals surface area contributed by atoms with Gasteiger partial charge in [-0.15, -0.1) is 11.8 Å². The molecule has 0 aromatic rings. The maximum Gasteiger partial charge on any atom is 0.307 e. The zero-order chi connectivity index (χ0) is 13.5. The lowest BCUT2D eigenvalue weighted by atomic mass is 10.3. The van der Waals surface area contributed by atoms with E-state index in [4.69, 9.17) is 0 Å². The number of carbonyl (C=O) groups excluding carboxylic acids is 2. The predicted molar refractivity (Wildman–Crippen MR) is 71.1 cm³/mol. The Morgan fingerprint density at radius 2 is 1.88 bits per heavy atom. The van der Waals surface area contributed by atoms with Crippen LogP contribution >= 0.6 is 11.8 Å². The number of thioether (sulfide) groups is 1. The molecule has 4 nitrogen and oxygen atoms in total. The summed E-state index contributed by atoms with van der Waals surface area (Å²) < 4.78 is 4.64. The number of hydrogen-bond acceptors (Lipinski definition) is 4. The highest BCUT2D eigenvalue weighted by molar-refractivity contribution is 8.01. The first-order chi connectivity index (χ1) is 7.80. The number of nitrogens with zero attached hydrogens (tertiary/aromatic N) is 1. The van der Waals surface area contributed by atoms with Gasteiger partial charge in [-0.1, -0.05) is 20.8 Å². The third-order valence-corrected chi connectivity index (χ3v) is 3.43. The SMILES string of the molecule is CCN(CCC(=O)OC)C(=O)CSC(C)(C)C. The Bertz CT molecular complexity index is 261. The molecule has 0 aliphatic rings. The van der Waals surface area contributed by atoms with Crippen molar-refractivity contribution in [3.63, 3.8) is 0 Å². The number of ether oxygens (including phenoxy) is 1. The molecule has 100 valence electrons. The number of hydrogen-bond donors (Lipinski definition) is 0. The van der Waals surface area contributed by atoms with Crippen LogP contribution in [0.1, 0.15) is 34.1 Å². The van der Waals surface area contributed by atoms with Gasteiger partial charge in [-0.05, 0) is 6.92 Å². The number of amides is 1. The second-order valence-corrected chi connectivity index (χ2v) is 6.50. The highest BCUT2D eigenvalue weighted by atomic mass is 32.2. The van der Waals surface area contributed by atoms with Crippen molar-refractivity contribution in [1.29, 1.82) is 0 Å². The fraction of sp³-hybridized carbons (Fsp3) is 0.833. The first-order valence-electron chi connectivity index (χ1n) is 5.78. The molecule has 1 amide bonds. The van der Waals surface area contributed by atoms with Gasteiger partial charge in [-0.25, -0.2) is 0 Å². The molecule has 0 aromatic carbocycles. The molecule has 0 aliphatic carbocycles. The van der Waals surface area contributed by atoms with Gasteiger partial charge < -0.3 is 9.64 Å². The molecule has 0 aliphatic heterocycles. The van der Waals surface area contributed by atoms with E-state index in [1.54, 1.807) is 16.7 Å². The summed E-state index contributed by atoms with van der Waals surface area (Å²) in [5, 5.41) is 0. The monoisotopic (exact) mass is 261 g/mol. The fourth-order valence-corrected chi connectivity index (χ4v) is 1.90. The van der Waals surface area contributed by atoms with Crippen molar-refractivity contribution in [3.8, 4) is 0 Å². The molecule has 0 unspecified atom stereocenters. The molecular weight excluding hydrogens is 238 g/mol. The topological polar surface area (TPSA) is 46.6 Å². The van der Waals surface area contributed by atoms with Crippen molar-refractivity contribution < 1.29 is 14.3 Å². The first-order valence-corrected chi connectivity index (χ1v) is 6.77. The standard InChI is InChI=1S/C12H23NO3S/c1-6-13(8-7-11(15)16-5)10(14)9-17-12(2,3)4/h6-9H2,1-5H3. The first kappa shape index (κ1) is 16.3. The van der Waals surface area contributed by atoms with Crippen molar-refractivity contribution in [3.05, 3.63) is 0 Å². The maximum atomic E-state index is 11.9. The van der Waals surface area contributed by atoms with Gasteiger partial charge in [0.05, 0.1) is 19.3 Å². The van der Waals surface area contributed by atoms with Gasteiger partial charge >= 0.3 is 5.97 Å². The molecule has 0 saturated heterocycles. The molecule has 0 rings (SSSR count). The molecule has 5 heteroatoms. The normalized spacial score (nSPS) is 11.1. The summed E-state index contributed by atoms with van der Waals surface area (Å²) in [5.74, 6) is 0.259. The molecule has 0 heterocycles. The lowest BCUT2D eigenvalue weighted by Crippen LogP contribution is -2.35. The van der Waals surface area contributed by atoms with Crippen molar-refractivity contribution >= 4 is 23.6 Å². The van der Waals surface area contributed by atoms with E-state index in [2.05, 4.69) is 25.5 Å². The summed E-state index contributed by atoms with van der Waals surface area (Å²) >= 11 is 1.62. The van der Waals surface area contributed by atoms with Crippen LogP contribution in [-0.4, -0.2) is 47.5 Å². The molecule has 0 radical (unpaired) electrons. The quantitative estimate of drug-likeness (QED) is 0.685. The number of esters is 1. The van der Waals surface area contributed by atoms with Crippen molar-refractivity contribution in [2.45, 2.75) is 38.9 Å². The van der Waals surface area contributed by atoms with Crippen molar-refractivity contribution in [2.75, 3.05) is 26.0 Å². The zero-order valence-corrected chi connectivity index (χ0v) is 12.2. The van der Waals surface area contributed by atoms with E-state index < -0.39 is 0 Å². The van der Waals surface area contributed by atoms with E-state index in [0.717, 1.165) is 0 Å². The van der Waals surface area contributed by atoms with Crippen molar-refractivity contribution in [2.24, 2.45) is 0 Å². The summed E-state index contributed by atoms with van der Waals surface area (Å²) in [5.41, 5.74) is 0. The Balaban J connectivity index is 4.08. The van der Waals surface area contributed by atoms with Crippen LogP contribution in [0.5, 0.6) is 0 Å². The second-order valence-electron chi connectivity index (χ2n) is 4.70. The third-order valence-electron chi connectivity index (χ3n) is 2.18. The molecular formula is C12H23NO3S. The minimum absolute atomic E-state index is 0.0799. The number of methoxy groups -OCH3 is 1. The lowest BCUT2D eigenvalue weighted by Gasteiger charge is -2.23. The zero-order valence-electron chi connectivity index (χ0n) is 11.4. The molecule has 0 aromatic heterocycles. The summed E-state index contributed by atoms with van der Waals surface area (Å²) in [6, 6.07) is 0. The summed E-state index contributed by atoms with van der Waals surface area (Å²) in [6.45, 7) is 9.21. The highest BCUT2D eigenvalue weighted by Crippen LogP contribution is 2.23. The van der Waals surface area contributed by atoms with E-state index in [0.29, 0.717) is 18.8 Å². The third kappa shape index (κ3) is 8.07. The van der Waals surface area contributed by atoms with Crippen LogP contribution < -0.4 is 0 Å². The summed E-state index contributed by atoms with van der Waals surface area (Å²) in [6.07, 6.45) is 0.260. The van der Waals surface area contributed by atoms with Gasteiger partial charge in [0, 0.05) is 17.8 Å². The molecule has 0 spiro atoms. The van der Waals surface area contributed by atoms with Gasteiger partial charge in [0.15, 0.2) is 0 Å². The van der Waals surface area contributed by atoms with Crippen LogP contribution in [0, 0.1) is 0 Å². The molecule has 0 atom stereocenters. The van der Waals surface area contributed by atoms with Gasteiger partial charge in [0.25, 0.3) is 0 Å². The average molecular weight is 261 g/mol. The molecule has 0 fully saturated rings. The van der Waals surface area contributed by atoms with Crippen LogP contribution in [0.2, 0.25) is 0 Å². The smallest absolute Gasteiger partial charge is 0.307 e. The second kappa shape index (κ2) is 7.58. The van der Waals surface area contributed by atoms with Gasteiger partial charge in [-0.2, -0.15) is 0 Å². The van der Waals surface area contributed by atoms with E-state index in [-0.39, 0.29) is 23.0 Å². The Labute approximate surface area is 108 Å². The van der Waals surface area contributed by atoms with Crippen LogP contribution in [0.15, 0.2) is 0 Å². The molecule has 0 saturated carbocycles. The van der Waals surface area contributed by atoms with Gasteiger partial charge in [-0.3, -0.25) is 9.59 Å². The minimum Gasteiger partial charge on any atom is -0.469 e. The largest absolute Gasteiger partial charge is 0.469 e. The van der Waals surface area contributed by atoms with E-state index in [1.165, 1.54) is 7.11 Å². The Hall–Kier alpha value is -0.710. The van der Waals surface area contributed by atoms with E-state index in [9.17, 15) is 9.59 Å². The van der Waals surface area contributed by atoms with Crippen LogP contribution in [-0.2, 0) is 14.3 Å². The van der Waals surface area contributed by atoms with Crippen LogP contribution in [0.25, 0.3) is 0 Å². The predicted octanol–water partition coefficient (Wildman–Crippen LogP) is 1.93. The van der Waals surface area contributed by atoms with Gasteiger partial charge in [0.2, 0.25) is 5.91 Å². The van der Waals surface area contributed by atoms with E-state index >= 15 is 0 Å². The highest BCUT2D eigenvalue weighted by Gasteiger charge is 2.17. The van der Waals surface area contributed by atoms with Gasteiger partial charge in [0.1, 0.15) is 0 Å². The Morgan fingerprint density at radius 1 is 1.29 bits per heavy atom. The molecule has 17 heavy (non-hydrogen) atoms. The Morgan fingerprint density at radius 3 is 2.29 bits per heavy atom. The summed E-state index contributed by atoms with van der Waals surface area (Å²) in [4.78, 5) is 24.6. The average Bonchev–Trinajstić information content (AvgIpc) is 2.25. The summed E-state index contributed by atoms with van der Waals surface area (Å²) in [7, 11) is 1.36. The van der Waals surface area contributed by atoms with Crippen molar-refractivity contribution in [1.82, 2.24) is 4.90 Å². The van der Waals surface area contributed by atoms with E-state index in [1.807, 2.05) is 6.92 Å². The minimum atomic E-state index is -0.278. The fourth-order valence-electron chi connectivity index (χ4n) is 1.16. The molecule has 0 bridgehead atoms. The molecule has 0 N–H and O–H groups in total. The Kier molecular flexibility index (Phi) is 7.27. The maximum absolute atomic E-state index is 11.9. The van der Waals surface area contributed by atoms with Crippen LogP contribution in [0.4, 0.5) is 0 Å². The number of rotatable bonds is 6.